The Bertz CT molecular complexity index is 1300. The number of aryl methyl sites for hydroxylation is 4. The van der Waals surface area contributed by atoms with Crippen LogP contribution in [0.2, 0.25) is 0 Å². The fraction of sp³-hybridized carbons (Fsp3) is 0.185. The second kappa shape index (κ2) is 6.82. The Balaban J connectivity index is 2.01. The van der Waals surface area contributed by atoms with E-state index in [2.05, 4.69) is 29.2 Å². The van der Waals surface area contributed by atoms with E-state index in [0.717, 1.165) is 67.3 Å². The Morgan fingerprint density at radius 3 is 1.75 bits per heavy atom. The van der Waals surface area contributed by atoms with Gasteiger partial charge in [0.2, 0.25) is 0 Å². The van der Waals surface area contributed by atoms with Crippen LogP contribution in [0.25, 0.3) is 11.3 Å². The summed E-state index contributed by atoms with van der Waals surface area (Å²) < 4.78 is 0. The molecule has 1 aromatic heterocycles. The average Bonchev–Trinajstić information content (AvgIpc) is 3.05. The number of nitrogens with two attached hydrogens (primary N) is 2. The Morgan fingerprint density at radius 1 is 0.719 bits per heavy atom. The molecule has 32 heavy (non-hydrogen) atoms. The predicted molar refractivity (Wildman–Crippen MR) is 129 cm³/mol. The second-order valence-corrected chi connectivity index (χ2v) is 8.78. The maximum Gasteiger partial charge on any atom is 0.116 e. The van der Waals surface area contributed by atoms with Crippen molar-refractivity contribution in [2.75, 3.05) is 11.5 Å². The van der Waals surface area contributed by atoms with Gasteiger partial charge in [-0.3, -0.25) is 9.97 Å². The van der Waals surface area contributed by atoms with Crippen LogP contribution in [0.3, 0.4) is 0 Å². The number of hydrogen-bond acceptors (Lipinski definition) is 5. The number of hydrogen-bond donors (Lipinski definition) is 3. The standard InChI is InChI=1S/C27H26N4O/c1-14-9-18(10-15(2)23(14)28)27(19-11-16(3)24(29)17(4)12-19)22-6-5-20(32)13-21(22)25-26(27)31-8-7-30-25/h5-13,32H,28-29H2,1-4H3. The first-order valence-corrected chi connectivity index (χ1v) is 10.6. The molecule has 160 valence electrons. The van der Waals surface area contributed by atoms with Crippen LogP contribution in [0.15, 0.2) is 54.9 Å². The van der Waals surface area contributed by atoms with Crippen molar-refractivity contribution in [3.8, 4) is 17.0 Å². The van der Waals surface area contributed by atoms with Crippen molar-refractivity contribution in [1.29, 1.82) is 0 Å². The van der Waals surface area contributed by atoms with E-state index in [1.807, 2.05) is 33.8 Å². The highest BCUT2D eigenvalue weighted by Gasteiger charge is 2.49. The van der Waals surface area contributed by atoms with Gasteiger partial charge in [0, 0.05) is 29.3 Å². The molecule has 4 aromatic rings. The van der Waals surface area contributed by atoms with Crippen LogP contribution in [-0.2, 0) is 5.41 Å². The number of phenolic OH excluding ortho intramolecular Hbond substituents is 1. The minimum atomic E-state index is -0.709. The minimum Gasteiger partial charge on any atom is -0.508 e. The van der Waals surface area contributed by atoms with E-state index >= 15 is 0 Å². The van der Waals surface area contributed by atoms with E-state index in [4.69, 9.17) is 16.5 Å². The molecule has 5 rings (SSSR count). The summed E-state index contributed by atoms with van der Waals surface area (Å²) >= 11 is 0. The lowest BCUT2D eigenvalue weighted by Gasteiger charge is -2.34. The van der Waals surface area contributed by atoms with Crippen molar-refractivity contribution < 1.29 is 5.11 Å². The number of fused-ring (bicyclic) bond motifs is 3. The fourth-order valence-corrected chi connectivity index (χ4v) is 5.13. The molecule has 0 spiro atoms. The maximum atomic E-state index is 10.3. The SMILES string of the molecule is Cc1cc(C2(c3cc(C)c(N)c(C)c3)c3ccc(O)cc3-c3nccnc32)cc(C)c1N. The van der Waals surface area contributed by atoms with Crippen LogP contribution in [-0.4, -0.2) is 15.1 Å². The molecule has 0 aliphatic heterocycles. The molecule has 1 aliphatic carbocycles. The predicted octanol–water partition coefficient (Wildman–Crippen LogP) is 4.94. The second-order valence-electron chi connectivity index (χ2n) is 8.78. The molecule has 0 saturated carbocycles. The van der Waals surface area contributed by atoms with Gasteiger partial charge in [-0.1, -0.05) is 30.3 Å². The van der Waals surface area contributed by atoms with E-state index in [1.165, 1.54) is 0 Å². The average molecular weight is 423 g/mol. The molecule has 0 fully saturated rings. The van der Waals surface area contributed by atoms with Crippen LogP contribution in [0, 0.1) is 27.7 Å². The minimum absolute atomic E-state index is 0.200. The summed E-state index contributed by atoms with van der Waals surface area (Å²) in [6, 6.07) is 14.1. The van der Waals surface area contributed by atoms with E-state index < -0.39 is 5.41 Å². The zero-order valence-corrected chi connectivity index (χ0v) is 18.7. The Hall–Kier alpha value is -3.86. The molecule has 5 heteroatoms. The van der Waals surface area contributed by atoms with Gasteiger partial charge in [0.15, 0.2) is 0 Å². The number of aromatic nitrogens is 2. The molecule has 0 saturated heterocycles. The molecular weight excluding hydrogens is 396 g/mol. The Kier molecular flexibility index (Phi) is 4.28. The first-order valence-electron chi connectivity index (χ1n) is 10.6. The van der Waals surface area contributed by atoms with Gasteiger partial charge in [0.1, 0.15) is 5.75 Å². The van der Waals surface area contributed by atoms with Gasteiger partial charge >= 0.3 is 0 Å². The third-order valence-corrected chi connectivity index (χ3v) is 6.77. The highest BCUT2D eigenvalue weighted by molar-refractivity contribution is 5.84. The van der Waals surface area contributed by atoms with Crippen LogP contribution < -0.4 is 11.5 Å². The summed E-state index contributed by atoms with van der Waals surface area (Å²) in [5.41, 5.74) is 23.3. The monoisotopic (exact) mass is 422 g/mol. The number of nitrogen functional groups attached to an aromatic ring is 2. The van der Waals surface area contributed by atoms with Crippen LogP contribution in [0.4, 0.5) is 11.4 Å². The lowest BCUT2D eigenvalue weighted by atomic mass is 9.68. The fourth-order valence-electron chi connectivity index (χ4n) is 5.13. The van der Waals surface area contributed by atoms with E-state index in [9.17, 15) is 5.11 Å². The zero-order valence-electron chi connectivity index (χ0n) is 18.7. The molecule has 0 unspecified atom stereocenters. The zero-order chi connectivity index (χ0) is 22.8. The summed E-state index contributed by atoms with van der Waals surface area (Å²) in [4.78, 5) is 9.56. The molecule has 0 atom stereocenters. The number of rotatable bonds is 2. The van der Waals surface area contributed by atoms with Crippen LogP contribution >= 0.6 is 0 Å². The number of benzene rings is 3. The molecule has 1 aliphatic rings. The third kappa shape index (κ3) is 2.57. The number of anilines is 2. The maximum absolute atomic E-state index is 10.3. The highest BCUT2D eigenvalue weighted by Crippen LogP contribution is 2.56. The lowest BCUT2D eigenvalue weighted by Crippen LogP contribution is -2.30. The van der Waals surface area contributed by atoms with Gasteiger partial charge in [-0.2, -0.15) is 0 Å². The summed E-state index contributed by atoms with van der Waals surface area (Å²) in [5.74, 6) is 0.200. The molecular formula is C27H26N4O. The smallest absolute Gasteiger partial charge is 0.116 e. The largest absolute Gasteiger partial charge is 0.508 e. The van der Waals surface area contributed by atoms with Gasteiger partial charge in [0.05, 0.1) is 16.8 Å². The molecule has 0 radical (unpaired) electrons. The molecule has 5 nitrogen and oxygen atoms in total. The van der Waals surface area contributed by atoms with E-state index in [-0.39, 0.29) is 5.75 Å². The Labute approximate surface area is 187 Å². The van der Waals surface area contributed by atoms with Gasteiger partial charge in [-0.15, -0.1) is 0 Å². The quantitative estimate of drug-likeness (QED) is 0.350. The van der Waals surface area contributed by atoms with Gasteiger partial charge in [-0.05, 0) is 78.8 Å². The summed E-state index contributed by atoms with van der Waals surface area (Å²) in [6.45, 7) is 8.12. The van der Waals surface area contributed by atoms with Crippen molar-refractivity contribution in [2.45, 2.75) is 33.1 Å². The van der Waals surface area contributed by atoms with Crippen molar-refractivity contribution in [3.05, 3.63) is 99.5 Å². The third-order valence-electron chi connectivity index (χ3n) is 6.77. The van der Waals surface area contributed by atoms with Gasteiger partial charge in [0.25, 0.3) is 0 Å². The van der Waals surface area contributed by atoms with Crippen LogP contribution in [0.1, 0.15) is 44.6 Å². The van der Waals surface area contributed by atoms with Crippen molar-refractivity contribution in [2.24, 2.45) is 0 Å². The highest BCUT2D eigenvalue weighted by atomic mass is 16.3. The van der Waals surface area contributed by atoms with E-state index in [1.54, 1.807) is 24.5 Å². The van der Waals surface area contributed by atoms with Crippen LogP contribution in [0.5, 0.6) is 5.75 Å². The lowest BCUT2D eigenvalue weighted by molar-refractivity contribution is 0.475. The van der Waals surface area contributed by atoms with Crippen molar-refractivity contribution in [1.82, 2.24) is 9.97 Å². The summed E-state index contributed by atoms with van der Waals surface area (Å²) in [6.07, 6.45) is 3.43. The molecule has 0 bridgehead atoms. The first kappa shape index (κ1) is 20.1. The number of aromatic hydroxyl groups is 1. The van der Waals surface area contributed by atoms with Crippen molar-refractivity contribution in [3.63, 3.8) is 0 Å². The Morgan fingerprint density at radius 2 is 1.22 bits per heavy atom. The number of nitrogens with zero attached hydrogens (tertiary/aromatic N) is 2. The van der Waals surface area contributed by atoms with Gasteiger partial charge < -0.3 is 16.6 Å². The summed E-state index contributed by atoms with van der Waals surface area (Å²) in [7, 11) is 0. The molecule has 3 aromatic carbocycles. The molecule has 1 heterocycles. The first-order chi connectivity index (χ1) is 15.2. The van der Waals surface area contributed by atoms with E-state index in [0.29, 0.717) is 0 Å². The number of phenols is 1. The molecule has 5 N–H and O–H groups in total. The van der Waals surface area contributed by atoms with Crippen molar-refractivity contribution >= 4 is 11.4 Å². The normalized spacial score (nSPS) is 13.6. The summed E-state index contributed by atoms with van der Waals surface area (Å²) in [5, 5.41) is 10.3. The molecule has 0 amide bonds. The topological polar surface area (TPSA) is 98.0 Å². The van der Waals surface area contributed by atoms with Gasteiger partial charge in [-0.25, -0.2) is 0 Å².